The summed E-state index contributed by atoms with van der Waals surface area (Å²) in [7, 11) is 1.97. The molecule has 0 aromatic heterocycles. The second-order valence-electron chi connectivity index (χ2n) is 5.45. The van der Waals surface area contributed by atoms with Crippen molar-refractivity contribution in [3.63, 3.8) is 0 Å². The third-order valence-corrected chi connectivity index (χ3v) is 3.75. The Bertz CT molecular complexity index is 577. The van der Waals surface area contributed by atoms with Crippen LogP contribution in [0, 0.1) is 19.7 Å². The zero-order valence-corrected chi connectivity index (χ0v) is 12.4. The molecule has 2 aromatic carbocycles. The Hall–Kier alpha value is -1.67. The molecule has 0 aliphatic carbocycles. The summed E-state index contributed by atoms with van der Waals surface area (Å²) in [5.41, 5.74) is 5.00. The lowest BCUT2D eigenvalue weighted by atomic mass is 9.95. The Morgan fingerprint density at radius 1 is 1.05 bits per heavy atom. The van der Waals surface area contributed by atoms with Gasteiger partial charge in [-0.15, -0.1) is 0 Å². The van der Waals surface area contributed by atoms with Gasteiger partial charge in [0.25, 0.3) is 0 Å². The van der Waals surface area contributed by atoms with Crippen LogP contribution >= 0.6 is 0 Å². The Morgan fingerprint density at radius 2 is 1.85 bits per heavy atom. The molecule has 0 amide bonds. The van der Waals surface area contributed by atoms with Crippen molar-refractivity contribution >= 4 is 0 Å². The second kappa shape index (κ2) is 6.67. The van der Waals surface area contributed by atoms with Gasteiger partial charge in [0.2, 0.25) is 0 Å². The summed E-state index contributed by atoms with van der Waals surface area (Å²) in [5.74, 6) is -0.163. The van der Waals surface area contributed by atoms with Crippen molar-refractivity contribution in [2.75, 3.05) is 7.05 Å². The van der Waals surface area contributed by atoms with Gasteiger partial charge >= 0.3 is 0 Å². The predicted octanol–water partition coefficient (Wildman–Crippen LogP) is 3.82. The molecular formula is C18H22FN. The van der Waals surface area contributed by atoms with Crippen LogP contribution in [0.3, 0.4) is 0 Å². The average Bonchev–Trinajstić information content (AvgIpc) is 2.42. The average molecular weight is 271 g/mol. The molecule has 0 bridgehead atoms. The number of halogens is 1. The molecular weight excluding hydrogens is 249 g/mol. The van der Waals surface area contributed by atoms with E-state index in [4.69, 9.17) is 0 Å². The summed E-state index contributed by atoms with van der Waals surface area (Å²) in [6, 6.07) is 13.7. The van der Waals surface area contributed by atoms with Gasteiger partial charge in [-0.25, -0.2) is 4.39 Å². The first-order valence-electron chi connectivity index (χ1n) is 7.06. The van der Waals surface area contributed by atoms with Gasteiger partial charge in [-0.1, -0.05) is 35.9 Å². The van der Waals surface area contributed by atoms with E-state index in [2.05, 4.69) is 37.4 Å². The highest BCUT2D eigenvalue weighted by atomic mass is 19.1. The van der Waals surface area contributed by atoms with E-state index in [1.165, 1.54) is 22.8 Å². The fourth-order valence-electron chi connectivity index (χ4n) is 2.51. The number of rotatable bonds is 5. The number of hydrogen-bond acceptors (Lipinski definition) is 1. The summed E-state index contributed by atoms with van der Waals surface area (Å²) < 4.78 is 13.2. The maximum atomic E-state index is 13.2. The number of likely N-dealkylation sites (N-methyl/N-ethyl adjacent to an activating group) is 1. The highest BCUT2D eigenvalue weighted by Crippen LogP contribution is 2.15. The molecule has 0 saturated carbocycles. The highest BCUT2D eigenvalue weighted by molar-refractivity contribution is 5.31. The zero-order chi connectivity index (χ0) is 14.5. The lowest BCUT2D eigenvalue weighted by Crippen LogP contribution is -2.30. The fraction of sp³-hybridized carbons (Fsp3) is 0.333. The van der Waals surface area contributed by atoms with Crippen LogP contribution in [-0.4, -0.2) is 13.1 Å². The Kier molecular flexibility index (Phi) is 4.91. The molecule has 1 N–H and O–H groups in total. The molecule has 0 aliphatic heterocycles. The molecule has 0 radical (unpaired) electrons. The summed E-state index contributed by atoms with van der Waals surface area (Å²) in [5, 5.41) is 3.34. The van der Waals surface area contributed by atoms with Gasteiger partial charge in [0.15, 0.2) is 0 Å². The van der Waals surface area contributed by atoms with Crippen molar-refractivity contribution in [3.05, 3.63) is 70.5 Å². The van der Waals surface area contributed by atoms with Crippen LogP contribution in [-0.2, 0) is 12.8 Å². The molecule has 0 heterocycles. The lowest BCUT2D eigenvalue weighted by molar-refractivity contribution is 0.551. The molecule has 0 spiro atoms. The molecule has 0 aliphatic rings. The highest BCUT2D eigenvalue weighted by Gasteiger charge is 2.10. The zero-order valence-electron chi connectivity index (χ0n) is 12.4. The van der Waals surface area contributed by atoms with Crippen LogP contribution in [0.4, 0.5) is 4.39 Å². The summed E-state index contributed by atoms with van der Waals surface area (Å²) in [4.78, 5) is 0. The van der Waals surface area contributed by atoms with Crippen molar-refractivity contribution in [1.29, 1.82) is 0 Å². The molecule has 1 nitrogen and oxygen atoms in total. The van der Waals surface area contributed by atoms with Crippen molar-refractivity contribution in [3.8, 4) is 0 Å². The third kappa shape index (κ3) is 3.91. The Labute approximate surface area is 120 Å². The van der Waals surface area contributed by atoms with Crippen LogP contribution in [0.5, 0.6) is 0 Å². The normalized spacial score (nSPS) is 12.4. The van der Waals surface area contributed by atoms with Crippen molar-refractivity contribution in [2.24, 2.45) is 0 Å². The SMILES string of the molecule is CNC(Cc1cccc(F)c1)Cc1cc(C)ccc1C. The molecule has 0 saturated heterocycles. The minimum Gasteiger partial charge on any atom is -0.316 e. The van der Waals surface area contributed by atoms with Crippen LogP contribution in [0.15, 0.2) is 42.5 Å². The first-order chi connectivity index (χ1) is 9.58. The Morgan fingerprint density at radius 3 is 2.55 bits per heavy atom. The Balaban J connectivity index is 2.11. The van der Waals surface area contributed by atoms with E-state index in [0.717, 1.165) is 18.4 Å². The van der Waals surface area contributed by atoms with Gasteiger partial charge in [-0.2, -0.15) is 0 Å². The summed E-state index contributed by atoms with van der Waals surface area (Å²) >= 11 is 0. The molecule has 106 valence electrons. The van der Waals surface area contributed by atoms with Gasteiger partial charge in [0, 0.05) is 6.04 Å². The van der Waals surface area contributed by atoms with E-state index in [1.54, 1.807) is 12.1 Å². The fourth-order valence-corrected chi connectivity index (χ4v) is 2.51. The van der Waals surface area contributed by atoms with Gasteiger partial charge in [-0.05, 0) is 62.6 Å². The van der Waals surface area contributed by atoms with Crippen LogP contribution in [0.2, 0.25) is 0 Å². The molecule has 1 atom stereocenters. The van der Waals surface area contributed by atoms with E-state index in [1.807, 2.05) is 13.1 Å². The predicted molar refractivity (Wildman–Crippen MR) is 82.6 cm³/mol. The summed E-state index contributed by atoms with van der Waals surface area (Å²) in [6.07, 6.45) is 1.79. The maximum absolute atomic E-state index is 13.2. The first-order valence-corrected chi connectivity index (χ1v) is 7.06. The van der Waals surface area contributed by atoms with Crippen molar-refractivity contribution in [1.82, 2.24) is 5.32 Å². The third-order valence-electron chi connectivity index (χ3n) is 3.75. The quantitative estimate of drug-likeness (QED) is 0.872. The minimum atomic E-state index is -0.163. The van der Waals surface area contributed by atoms with Crippen LogP contribution in [0.25, 0.3) is 0 Å². The molecule has 20 heavy (non-hydrogen) atoms. The van der Waals surface area contributed by atoms with Crippen molar-refractivity contribution < 1.29 is 4.39 Å². The van der Waals surface area contributed by atoms with E-state index >= 15 is 0 Å². The lowest BCUT2D eigenvalue weighted by Gasteiger charge is -2.18. The van der Waals surface area contributed by atoms with Crippen LogP contribution in [0.1, 0.15) is 22.3 Å². The van der Waals surface area contributed by atoms with E-state index < -0.39 is 0 Å². The number of hydrogen-bond donors (Lipinski definition) is 1. The molecule has 0 fully saturated rings. The van der Waals surface area contributed by atoms with E-state index in [-0.39, 0.29) is 5.82 Å². The van der Waals surface area contributed by atoms with Gasteiger partial charge in [-0.3, -0.25) is 0 Å². The monoisotopic (exact) mass is 271 g/mol. The topological polar surface area (TPSA) is 12.0 Å². The van der Waals surface area contributed by atoms with Gasteiger partial charge in [0.05, 0.1) is 0 Å². The summed E-state index contributed by atoms with van der Waals surface area (Å²) in [6.45, 7) is 4.26. The molecule has 2 heteroatoms. The number of nitrogens with one attached hydrogen (secondary N) is 1. The second-order valence-corrected chi connectivity index (χ2v) is 5.45. The largest absolute Gasteiger partial charge is 0.316 e. The number of benzene rings is 2. The van der Waals surface area contributed by atoms with E-state index in [0.29, 0.717) is 6.04 Å². The molecule has 2 rings (SSSR count). The minimum absolute atomic E-state index is 0.163. The van der Waals surface area contributed by atoms with Crippen LogP contribution < -0.4 is 5.32 Å². The van der Waals surface area contributed by atoms with Crippen molar-refractivity contribution in [2.45, 2.75) is 32.7 Å². The van der Waals surface area contributed by atoms with Gasteiger partial charge < -0.3 is 5.32 Å². The molecule has 1 unspecified atom stereocenters. The first kappa shape index (κ1) is 14.7. The molecule has 2 aromatic rings. The smallest absolute Gasteiger partial charge is 0.123 e. The standard InChI is InChI=1S/C18H22FN/c1-13-7-8-14(2)16(9-13)12-18(20-3)11-15-5-4-6-17(19)10-15/h4-10,18,20H,11-12H2,1-3H3. The maximum Gasteiger partial charge on any atom is 0.123 e. The number of aryl methyl sites for hydroxylation is 2. The van der Waals surface area contributed by atoms with Gasteiger partial charge in [0.1, 0.15) is 5.82 Å². The van der Waals surface area contributed by atoms with E-state index in [9.17, 15) is 4.39 Å².